The van der Waals surface area contributed by atoms with E-state index in [2.05, 4.69) is 5.32 Å². The van der Waals surface area contributed by atoms with Crippen LogP contribution in [0.25, 0.3) is 0 Å². The quantitative estimate of drug-likeness (QED) is 0.726. The maximum Gasteiger partial charge on any atom is 0.254 e. The lowest BCUT2D eigenvalue weighted by molar-refractivity contribution is -0.135. The highest BCUT2D eigenvalue weighted by Gasteiger charge is 2.32. The first-order valence-electron chi connectivity index (χ1n) is 10.3. The van der Waals surface area contributed by atoms with Crippen LogP contribution in [0.5, 0.6) is 11.5 Å². The van der Waals surface area contributed by atoms with Gasteiger partial charge in [0.05, 0.1) is 19.8 Å². The molecule has 162 valence electrons. The maximum atomic E-state index is 13.1. The summed E-state index contributed by atoms with van der Waals surface area (Å²) in [7, 11) is 0. The minimum atomic E-state index is -0.0183. The van der Waals surface area contributed by atoms with Gasteiger partial charge in [0.2, 0.25) is 5.91 Å². The number of nitrogens with zero attached hydrogens (tertiary/aromatic N) is 2. The van der Waals surface area contributed by atoms with Gasteiger partial charge >= 0.3 is 0 Å². The van der Waals surface area contributed by atoms with Crippen molar-refractivity contribution in [3.63, 3.8) is 0 Å². The molecule has 7 nitrogen and oxygen atoms in total. The van der Waals surface area contributed by atoms with Crippen molar-refractivity contribution >= 4 is 24.2 Å². The average Bonchev–Trinajstić information content (AvgIpc) is 2.73. The molecule has 2 aliphatic rings. The lowest BCUT2D eigenvalue weighted by Crippen LogP contribution is -2.57. The van der Waals surface area contributed by atoms with Crippen LogP contribution in [-0.4, -0.2) is 73.6 Å². The van der Waals surface area contributed by atoms with Crippen molar-refractivity contribution in [1.82, 2.24) is 15.1 Å². The van der Waals surface area contributed by atoms with E-state index >= 15 is 0 Å². The first-order valence-corrected chi connectivity index (χ1v) is 10.3. The number of hydrogen-bond donors (Lipinski definition) is 1. The number of halogens is 1. The maximum absolute atomic E-state index is 13.1. The molecular weight excluding hydrogens is 394 g/mol. The predicted octanol–water partition coefficient (Wildman–Crippen LogP) is 2.33. The number of nitrogens with one attached hydrogen (secondary N) is 1. The van der Waals surface area contributed by atoms with E-state index in [-0.39, 0.29) is 30.3 Å². The fourth-order valence-electron chi connectivity index (χ4n) is 3.82. The van der Waals surface area contributed by atoms with Crippen LogP contribution >= 0.6 is 12.4 Å². The summed E-state index contributed by atoms with van der Waals surface area (Å²) in [6.07, 6.45) is 2.76. The molecule has 2 saturated heterocycles. The molecule has 0 aliphatic carbocycles. The second-order valence-electron chi connectivity index (χ2n) is 7.25. The first kappa shape index (κ1) is 23.3. The number of hydrogen-bond acceptors (Lipinski definition) is 5. The molecule has 29 heavy (non-hydrogen) atoms. The van der Waals surface area contributed by atoms with E-state index in [1.807, 2.05) is 29.7 Å². The topological polar surface area (TPSA) is 71.1 Å². The minimum absolute atomic E-state index is 0. The fraction of sp³-hybridized carbons (Fsp3) is 0.619. The van der Waals surface area contributed by atoms with Gasteiger partial charge < -0.3 is 24.6 Å². The van der Waals surface area contributed by atoms with Crippen molar-refractivity contribution in [3.8, 4) is 11.5 Å². The smallest absolute Gasteiger partial charge is 0.254 e. The molecule has 0 radical (unpaired) electrons. The van der Waals surface area contributed by atoms with Crippen molar-refractivity contribution in [3.05, 3.63) is 23.8 Å². The molecule has 2 heterocycles. The Hall–Kier alpha value is -1.99. The van der Waals surface area contributed by atoms with Crippen LogP contribution in [0.3, 0.4) is 0 Å². The van der Waals surface area contributed by atoms with Crippen LogP contribution in [0.4, 0.5) is 0 Å². The average molecular weight is 426 g/mol. The summed E-state index contributed by atoms with van der Waals surface area (Å²) >= 11 is 0. The third kappa shape index (κ3) is 5.76. The summed E-state index contributed by atoms with van der Waals surface area (Å²) in [6.45, 7) is 8.30. The number of rotatable bonds is 7. The van der Waals surface area contributed by atoms with Gasteiger partial charge in [-0.3, -0.25) is 9.59 Å². The number of piperidine rings is 1. The third-order valence-electron chi connectivity index (χ3n) is 5.20. The van der Waals surface area contributed by atoms with Crippen LogP contribution in [0.15, 0.2) is 18.2 Å². The standard InChI is InChI=1S/C21H31N3O4.ClH/c1-3-12-28-18-8-7-16(13-19(18)27-4-2)21(26)23-10-5-6-17(15-23)24-11-9-22-14-20(24)25;/h7-8,13,17,22H,3-6,9-12,14-15H2,1-2H3;1H. The normalized spacial score (nSPS) is 19.5. The second-order valence-corrected chi connectivity index (χ2v) is 7.25. The predicted molar refractivity (Wildman–Crippen MR) is 114 cm³/mol. The Morgan fingerprint density at radius 1 is 1.21 bits per heavy atom. The fourth-order valence-corrected chi connectivity index (χ4v) is 3.82. The van der Waals surface area contributed by atoms with Crippen LogP contribution < -0.4 is 14.8 Å². The van der Waals surface area contributed by atoms with Gasteiger partial charge in [-0.15, -0.1) is 12.4 Å². The highest BCUT2D eigenvalue weighted by molar-refractivity contribution is 5.95. The second kappa shape index (κ2) is 11.3. The molecule has 1 aromatic carbocycles. The summed E-state index contributed by atoms with van der Waals surface area (Å²) < 4.78 is 11.4. The number of piperazine rings is 1. The molecule has 1 aromatic rings. The molecule has 1 unspecified atom stereocenters. The lowest BCUT2D eigenvalue weighted by atomic mass is 10.0. The van der Waals surface area contributed by atoms with Crippen LogP contribution in [0.1, 0.15) is 43.5 Å². The molecule has 0 bridgehead atoms. The zero-order valence-corrected chi connectivity index (χ0v) is 18.1. The molecule has 0 saturated carbocycles. The van der Waals surface area contributed by atoms with Gasteiger partial charge in [0, 0.05) is 37.8 Å². The Morgan fingerprint density at radius 3 is 2.76 bits per heavy atom. The van der Waals surface area contributed by atoms with Gasteiger partial charge in [-0.05, 0) is 44.4 Å². The molecule has 2 aliphatic heterocycles. The Balaban J connectivity index is 0.00000300. The lowest BCUT2D eigenvalue weighted by Gasteiger charge is -2.41. The van der Waals surface area contributed by atoms with E-state index < -0.39 is 0 Å². The van der Waals surface area contributed by atoms with Crippen LogP contribution in [0, 0.1) is 0 Å². The molecule has 0 aromatic heterocycles. The summed E-state index contributed by atoms with van der Waals surface area (Å²) in [5.74, 6) is 1.38. The van der Waals surface area contributed by atoms with Gasteiger partial charge in [0.25, 0.3) is 5.91 Å². The number of benzene rings is 1. The Labute approximate surface area is 179 Å². The largest absolute Gasteiger partial charge is 0.490 e. The summed E-state index contributed by atoms with van der Waals surface area (Å²) in [4.78, 5) is 29.1. The van der Waals surface area contributed by atoms with Crippen molar-refractivity contribution in [2.24, 2.45) is 0 Å². The van der Waals surface area contributed by atoms with E-state index in [0.717, 1.165) is 25.8 Å². The van der Waals surface area contributed by atoms with E-state index in [4.69, 9.17) is 9.47 Å². The molecule has 2 fully saturated rings. The first-order chi connectivity index (χ1) is 13.6. The van der Waals surface area contributed by atoms with E-state index in [1.165, 1.54) is 0 Å². The van der Waals surface area contributed by atoms with Crippen molar-refractivity contribution in [2.75, 3.05) is 45.9 Å². The third-order valence-corrected chi connectivity index (χ3v) is 5.20. The summed E-state index contributed by atoms with van der Waals surface area (Å²) in [5.41, 5.74) is 0.597. The van der Waals surface area contributed by atoms with E-state index in [9.17, 15) is 9.59 Å². The van der Waals surface area contributed by atoms with Crippen molar-refractivity contribution in [2.45, 2.75) is 39.2 Å². The van der Waals surface area contributed by atoms with Gasteiger partial charge in [0.15, 0.2) is 11.5 Å². The van der Waals surface area contributed by atoms with Gasteiger partial charge in [0.1, 0.15) is 0 Å². The van der Waals surface area contributed by atoms with E-state index in [0.29, 0.717) is 56.5 Å². The Bertz CT molecular complexity index is 701. The number of carbonyl (C=O) groups is 2. The molecule has 3 rings (SSSR count). The molecule has 2 amide bonds. The molecule has 0 spiro atoms. The SMILES string of the molecule is CCCOc1ccc(C(=O)N2CCCC(N3CCNCC3=O)C2)cc1OCC.Cl. The Kier molecular flexibility index (Phi) is 9.04. The molecule has 8 heteroatoms. The van der Waals surface area contributed by atoms with Gasteiger partial charge in [-0.2, -0.15) is 0 Å². The van der Waals surface area contributed by atoms with Gasteiger partial charge in [-0.25, -0.2) is 0 Å². The highest BCUT2D eigenvalue weighted by atomic mass is 35.5. The number of ether oxygens (including phenoxy) is 2. The summed E-state index contributed by atoms with van der Waals surface area (Å²) in [6, 6.07) is 5.49. The van der Waals surface area contributed by atoms with Crippen LogP contribution in [-0.2, 0) is 4.79 Å². The molecule has 1 atom stereocenters. The zero-order chi connectivity index (χ0) is 19.9. The molecular formula is C21H32ClN3O4. The van der Waals surface area contributed by atoms with Crippen molar-refractivity contribution < 1.29 is 19.1 Å². The summed E-state index contributed by atoms with van der Waals surface area (Å²) in [5, 5.41) is 3.10. The zero-order valence-electron chi connectivity index (χ0n) is 17.3. The highest BCUT2D eigenvalue weighted by Crippen LogP contribution is 2.30. The number of amides is 2. The van der Waals surface area contributed by atoms with E-state index in [1.54, 1.807) is 12.1 Å². The van der Waals surface area contributed by atoms with Gasteiger partial charge in [-0.1, -0.05) is 6.92 Å². The van der Waals surface area contributed by atoms with Crippen LogP contribution in [0.2, 0.25) is 0 Å². The molecule has 1 N–H and O–H groups in total. The number of carbonyl (C=O) groups excluding carboxylic acids is 2. The monoisotopic (exact) mass is 425 g/mol. The Morgan fingerprint density at radius 2 is 2.03 bits per heavy atom. The minimum Gasteiger partial charge on any atom is -0.490 e. The number of likely N-dealkylation sites (tertiary alicyclic amines) is 1. The van der Waals surface area contributed by atoms with Crippen molar-refractivity contribution in [1.29, 1.82) is 0 Å².